The number of hydrogen-bond acceptors (Lipinski definition) is 1. The second-order valence-electron chi connectivity index (χ2n) is 3.48. The zero-order chi connectivity index (χ0) is 15.7. The van der Waals surface area contributed by atoms with Crippen molar-refractivity contribution in [3.05, 3.63) is 60.2 Å². The summed E-state index contributed by atoms with van der Waals surface area (Å²) in [7, 11) is 0. The minimum Gasteiger partial charge on any atom is -0.395 e. The van der Waals surface area contributed by atoms with Crippen LogP contribution in [0.3, 0.4) is 0 Å². The van der Waals surface area contributed by atoms with Gasteiger partial charge in [-0.1, -0.05) is 77.5 Å². The van der Waals surface area contributed by atoms with E-state index in [0.29, 0.717) is 0 Å². The fourth-order valence-electron chi connectivity index (χ4n) is 0.508. The first kappa shape index (κ1) is 22.8. The van der Waals surface area contributed by atoms with Gasteiger partial charge in [0, 0.05) is 0 Å². The summed E-state index contributed by atoms with van der Waals surface area (Å²) >= 11 is 3.23. The molecule has 1 unspecified atom stereocenters. The first-order valence-electron chi connectivity index (χ1n) is 5.82. The third-order valence-corrected chi connectivity index (χ3v) is 2.22. The smallest absolute Gasteiger partial charge is 0.0635 e. The van der Waals surface area contributed by atoms with E-state index in [0.717, 1.165) is 5.57 Å². The molecule has 0 aliphatic carbocycles. The van der Waals surface area contributed by atoms with Crippen molar-refractivity contribution < 1.29 is 5.11 Å². The van der Waals surface area contributed by atoms with Gasteiger partial charge in [0.15, 0.2) is 0 Å². The molecule has 0 aromatic rings. The van der Waals surface area contributed by atoms with Gasteiger partial charge in [-0.15, -0.1) is 6.42 Å². The van der Waals surface area contributed by atoms with Gasteiger partial charge in [0.25, 0.3) is 0 Å². The molecule has 1 N–H and O–H groups in total. The molecule has 1 atom stereocenters. The summed E-state index contributed by atoms with van der Waals surface area (Å²) in [6.07, 6.45) is 14.1. The van der Waals surface area contributed by atoms with Gasteiger partial charge in [0.1, 0.15) is 0 Å². The zero-order valence-corrected chi connectivity index (χ0v) is 13.8. The third-order valence-electron chi connectivity index (χ3n) is 1.76. The van der Waals surface area contributed by atoms with Gasteiger partial charge in [-0.3, -0.25) is 0 Å². The SMILES string of the molecule is C#CC(CO)C(=C)C.C/C=C(\C)Br.C=C/C=C\C=C. The molecular weight excluding hydrogens is 300 g/mol. The van der Waals surface area contributed by atoms with Gasteiger partial charge in [0.2, 0.25) is 0 Å². The van der Waals surface area contributed by atoms with E-state index in [1.54, 1.807) is 19.1 Å². The van der Waals surface area contributed by atoms with Crippen molar-refractivity contribution in [3.8, 4) is 12.3 Å². The van der Waals surface area contributed by atoms with Crippen LogP contribution in [-0.4, -0.2) is 11.7 Å². The van der Waals surface area contributed by atoms with E-state index in [4.69, 9.17) is 11.5 Å². The summed E-state index contributed by atoms with van der Waals surface area (Å²) in [6.45, 7) is 16.3. The Morgan fingerprint density at radius 2 is 1.68 bits per heavy atom. The van der Waals surface area contributed by atoms with Gasteiger partial charge in [-0.25, -0.2) is 0 Å². The molecule has 0 aliphatic rings. The lowest BCUT2D eigenvalue weighted by molar-refractivity contribution is 0.273. The van der Waals surface area contributed by atoms with Crippen molar-refractivity contribution in [3.63, 3.8) is 0 Å². The molecule has 2 heteroatoms. The molecule has 0 saturated carbocycles. The molecule has 0 fully saturated rings. The maximum atomic E-state index is 8.49. The lowest BCUT2D eigenvalue weighted by Gasteiger charge is -2.02. The average molecular weight is 325 g/mol. The van der Waals surface area contributed by atoms with E-state index < -0.39 is 0 Å². The van der Waals surface area contributed by atoms with Crippen molar-refractivity contribution in [1.82, 2.24) is 0 Å². The Morgan fingerprint density at radius 1 is 1.32 bits per heavy atom. The number of allylic oxidation sites excluding steroid dienone is 6. The molecule has 0 aromatic heterocycles. The largest absolute Gasteiger partial charge is 0.395 e. The molecule has 0 saturated heterocycles. The van der Waals surface area contributed by atoms with Crippen LogP contribution in [0.2, 0.25) is 0 Å². The van der Waals surface area contributed by atoms with E-state index >= 15 is 0 Å². The number of halogens is 1. The fourth-order valence-corrected chi connectivity index (χ4v) is 0.508. The maximum Gasteiger partial charge on any atom is 0.0635 e. The Balaban J connectivity index is -0.000000209. The van der Waals surface area contributed by atoms with E-state index in [2.05, 4.69) is 41.6 Å². The molecule has 0 radical (unpaired) electrons. The molecular formula is C17H25BrO. The number of rotatable bonds is 4. The molecule has 0 aliphatic heterocycles. The van der Waals surface area contributed by atoms with E-state index in [1.165, 1.54) is 4.48 Å². The number of hydrogen-bond donors (Lipinski definition) is 1. The lowest BCUT2D eigenvalue weighted by Crippen LogP contribution is -2.02. The van der Waals surface area contributed by atoms with E-state index in [1.807, 2.05) is 32.1 Å². The van der Waals surface area contributed by atoms with Crippen molar-refractivity contribution in [2.24, 2.45) is 5.92 Å². The van der Waals surface area contributed by atoms with Crippen molar-refractivity contribution in [2.75, 3.05) is 6.61 Å². The lowest BCUT2D eigenvalue weighted by atomic mass is 10.1. The fraction of sp³-hybridized carbons (Fsp3) is 0.294. The molecule has 106 valence electrons. The minimum atomic E-state index is -0.157. The molecule has 1 nitrogen and oxygen atoms in total. The van der Waals surface area contributed by atoms with Crippen molar-refractivity contribution in [2.45, 2.75) is 20.8 Å². The number of aliphatic hydroxyl groups excluding tert-OH is 1. The summed E-state index contributed by atoms with van der Waals surface area (Å²) in [4.78, 5) is 0. The van der Waals surface area contributed by atoms with Crippen LogP contribution in [0.1, 0.15) is 20.8 Å². The standard InChI is InChI=1S/C7H10O.C6H8.C4H7Br/c1-4-7(5-8)6(2)3;1-3-5-6-4-2;1-3-4(2)5/h1,7-8H,2,5H2,3H3;3-6H,1-2H2;3H,1-2H3/b;6-5-;4-3+. The molecule has 19 heavy (non-hydrogen) atoms. The van der Waals surface area contributed by atoms with Gasteiger partial charge in [-0.2, -0.15) is 0 Å². The molecule has 0 amide bonds. The minimum absolute atomic E-state index is 0.00579. The molecule has 0 aromatic carbocycles. The highest BCUT2D eigenvalue weighted by atomic mass is 79.9. The highest BCUT2D eigenvalue weighted by Gasteiger charge is 2.00. The summed E-state index contributed by atoms with van der Waals surface area (Å²) < 4.78 is 1.19. The highest BCUT2D eigenvalue weighted by Crippen LogP contribution is 2.03. The van der Waals surface area contributed by atoms with Crippen LogP contribution in [-0.2, 0) is 0 Å². The first-order valence-corrected chi connectivity index (χ1v) is 6.61. The predicted molar refractivity (Wildman–Crippen MR) is 92.1 cm³/mol. The van der Waals surface area contributed by atoms with Crippen LogP contribution in [0.5, 0.6) is 0 Å². The average Bonchev–Trinajstić information content (AvgIpc) is 2.38. The number of aliphatic hydroxyl groups is 1. The Bertz CT molecular complexity index is 329. The van der Waals surface area contributed by atoms with Gasteiger partial charge < -0.3 is 5.11 Å². The molecule has 0 heterocycles. The highest BCUT2D eigenvalue weighted by molar-refractivity contribution is 9.11. The van der Waals surface area contributed by atoms with E-state index in [9.17, 15) is 0 Å². The van der Waals surface area contributed by atoms with E-state index in [-0.39, 0.29) is 12.5 Å². The summed E-state index contributed by atoms with van der Waals surface area (Å²) in [6, 6.07) is 0. The second kappa shape index (κ2) is 19.0. The Hall–Kier alpha value is -1.30. The Labute approximate surface area is 127 Å². The van der Waals surface area contributed by atoms with Crippen LogP contribution in [0.25, 0.3) is 0 Å². The van der Waals surface area contributed by atoms with Crippen LogP contribution >= 0.6 is 15.9 Å². The molecule has 0 rings (SSSR count). The second-order valence-corrected chi connectivity index (χ2v) is 4.73. The normalized spacial score (nSPS) is 11.1. The topological polar surface area (TPSA) is 20.2 Å². The van der Waals surface area contributed by atoms with Gasteiger partial charge in [-0.05, 0) is 25.3 Å². The monoisotopic (exact) mass is 324 g/mol. The molecule has 0 bridgehead atoms. The number of terminal acetylenes is 1. The maximum absolute atomic E-state index is 8.49. The van der Waals surface area contributed by atoms with Crippen molar-refractivity contribution in [1.29, 1.82) is 0 Å². The summed E-state index contributed by atoms with van der Waals surface area (Å²) in [5.74, 6) is 2.24. The Kier molecular flexibility index (Phi) is 22.9. The predicted octanol–water partition coefficient (Wildman–Crippen LogP) is 5.02. The van der Waals surface area contributed by atoms with Crippen molar-refractivity contribution >= 4 is 15.9 Å². The van der Waals surface area contributed by atoms with Gasteiger partial charge in [0.05, 0.1) is 12.5 Å². The third kappa shape index (κ3) is 26.4. The zero-order valence-electron chi connectivity index (χ0n) is 12.2. The van der Waals surface area contributed by atoms with Crippen LogP contribution in [0.15, 0.2) is 60.2 Å². The first-order chi connectivity index (χ1) is 8.90. The quantitative estimate of drug-likeness (QED) is 0.437. The Morgan fingerprint density at radius 3 is 1.74 bits per heavy atom. The van der Waals surface area contributed by atoms with Gasteiger partial charge >= 0.3 is 0 Å². The van der Waals surface area contributed by atoms with Crippen LogP contribution < -0.4 is 0 Å². The van der Waals surface area contributed by atoms with Crippen LogP contribution in [0, 0.1) is 18.3 Å². The van der Waals surface area contributed by atoms with Crippen LogP contribution in [0.4, 0.5) is 0 Å². The summed E-state index contributed by atoms with van der Waals surface area (Å²) in [5, 5.41) is 8.49. The summed E-state index contributed by atoms with van der Waals surface area (Å²) in [5.41, 5.74) is 0.843. The molecule has 0 spiro atoms.